The number of nitrogens with zero attached hydrogens (tertiary/aromatic N) is 2. The summed E-state index contributed by atoms with van der Waals surface area (Å²) >= 11 is 3.41. The van der Waals surface area contributed by atoms with Crippen LogP contribution in [0, 0.1) is 0 Å². The van der Waals surface area contributed by atoms with Crippen LogP contribution in [0.2, 0.25) is 0 Å². The zero-order valence-electron chi connectivity index (χ0n) is 15.7. The van der Waals surface area contributed by atoms with Crippen molar-refractivity contribution < 1.29 is 14.3 Å². The molecule has 4 rings (SSSR count). The molecule has 148 valence electrons. The highest BCUT2D eigenvalue weighted by molar-refractivity contribution is 9.10. The second-order valence-corrected chi connectivity index (χ2v) is 7.70. The quantitative estimate of drug-likeness (QED) is 0.634. The van der Waals surface area contributed by atoms with Crippen LogP contribution in [0.25, 0.3) is 0 Å². The first kappa shape index (κ1) is 19.2. The predicted molar refractivity (Wildman–Crippen MR) is 112 cm³/mol. The Morgan fingerprint density at radius 2 is 2.03 bits per heavy atom. The summed E-state index contributed by atoms with van der Waals surface area (Å²) in [6, 6.07) is 16.1. The Morgan fingerprint density at radius 1 is 1.28 bits per heavy atom. The van der Waals surface area contributed by atoms with Crippen LogP contribution >= 0.6 is 15.9 Å². The molecule has 0 fully saturated rings. The van der Waals surface area contributed by atoms with Gasteiger partial charge in [0.2, 0.25) is 0 Å². The summed E-state index contributed by atoms with van der Waals surface area (Å²) in [6.07, 6.45) is 0.622. The van der Waals surface area contributed by atoms with Crippen LogP contribution in [0.1, 0.15) is 21.7 Å². The number of carbonyl (C=O) groups excluding carboxylic acids is 2. The maximum Gasteiger partial charge on any atom is 0.272 e. The van der Waals surface area contributed by atoms with Crippen LogP contribution < -0.4 is 15.0 Å². The van der Waals surface area contributed by atoms with Crippen molar-refractivity contribution in [3.05, 3.63) is 76.0 Å². The third-order valence-corrected chi connectivity index (χ3v) is 5.27. The molecule has 0 saturated carbocycles. The van der Waals surface area contributed by atoms with Crippen molar-refractivity contribution in [3.63, 3.8) is 0 Å². The number of rotatable bonds is 4. The number of aromatic amines is 1. The number of halogens is 1. The van der Waals surface area contributed by atoms with Crippen LogP contribution in [0.4, 0.5) is 5.69 Å². The lowest BCUT2D eigenvalue weighted by Gasteiger charge is -2.19. The zero-order valence-corrected chi connectivity index (χ0v) is 17.3. The number of aromatic nitrogens is 2. The molecular formula is C21H19BrN4O3. The lowest BCUT2D eigenvalue weighted by atomic mass is 10.1. The topological polar surface area (TPSA) is 87.3 Å². The van der Waals surface area contributed by atoms with Crippen molar-refractivity contribution in [2.24, 2.45) is 0 Å². The van der Waals surface area contributed by atoms with Gasteiger partial charge in [-0.2, -0.15) is 5.10 Å². The Kier molecular flexibility index (Phi) is 5.35. The molecule has 1 aromatic heterocycles. The number of carbonyl (C=O) groups is 2. The summed E-state index contributed by atoms with van der Waals surface area (Å²) in [6.45, 7) is 0.0576. The van der Waals surface area contributed by atoms with Crippen LogP contribution in [0.15, 0.2) is 59.1 Å². The summed E-state index contributed by atoms with van der Waals surface area (Å²) in [4.78, 5) is 26.9. The summed E-state index contributed by atoms with van der Waals surface area (Å²) in [5.41, 5.74) is 2.81. The average Bonchev–Trinajstić information content (AvgIpc) is 3.16. The number of benzene rings is 2. The Bertz CT molecular complexity index is 1050. The summed E-state index contributed by atoms with van der Waals surface area (Å²) < 4.78 is 6.73. The number of anilines is 1. The van der Waals surface area contributed by atoms with E-state index in [1.807, 2.05) is 36.4 Å². The second kappa shape index (κ2) is 8.08. The highest BCUT2D eigenvalue weighted by atomic mass is 79.9. The summed E-state index contributed by atoms with van der Waals surface area (Å²) in [5.74, 6) is -0.0600. The first-order valence-corrected chi connectivity index (χ1v) is 9.89. The van der Waals surface area contributed by atoms with E-state index in [0.29, 0.717) is 17.9 Å². The summed E-state index contributed by atoms with van der Waals surface area (Å²) in [7, 11) is 1.67. The third kappa shape index (κ3) is 4.17. The molecule has 1 aliphatic rings. The number of ether oxygens (including phenoxy) is 1. The van der Waals surface area contributed by atoms with Gasteiger partial charge in [0.1, 0.15) is 24.1 Å². The number of para-hydroxylation sites is 2. The van der Waals surface area contributed by atoms with Gasteiger partial charge in [-0.25, -0.2) is 0 Å². The van der Waals surface area contributed by atoms with Gasteiger partial charge in [-0.15, -0.1) is 0 Å². The third-order valence-electron chi connectivity index (χ3n) is 4.74. The normalized spacial score (nSPS) is 16.0. The smallest absolute Gasteiger partial charge is 0.272 e. The van der Waals surface area contributed by atoms with E-state index in [1.54, 1.807) is 25.2 Å². The molecule has 1 aliphatic heterocycles. The number of nitrogens with one attached hydrogen (secondary N) is 2. The fourth-order valence-corrected chi connectivity index (χ4v) is 3.44. The molecule has 7 nitrogen and oxygen atoms in total. The maximum atomic E-state index is 12.7. The van der Waals surface area contributed by atoms with Crippen molar-refractivity contribution in [1.29, 1.82) is 0 Å². The van der Waals surface area contributed by atoms with Crippen molar-refractivity contribution in [2.75, 3.05) is 18.6 Å². The van der Waals surface area contributed by atoms with E-state index < -0.39 is 11.9 Å². The molecule has 2 N–H and O–H groups in total. The van der Waals surface area contributed by atoms with E-state index in [2.05, 4.69) is 31.4 Å². The lowest BCUT2D eigenvalue weighted by molar-refractivity contribution is -0.120. The van der Waals surface area contributed by atoms with Crippen molar-refractivity contribution in [1.82, 2.24) is 15.5 Å². The molecule has 2 amide bonds. The predicted octanol–water partition coefficient (Wildman–Crippen LogP) is 2.92. The Hall–Kier alpha value is -3.13. The molecule has 0 spiro atoms. The minimum Gasteiger partial charge on any atom is -0.489 e. The zero-order chi connectivity index (χ0) is 20.4. The molecule has 2 aromatic carbocycles. The molecule has 3 aromatic rings. The van der Waals surface area contributed by atoms with Gasteiger partial charge >= 0.3 is 0 Å². The van der Waals surface area contributed by atoms with E-state index in [9.17, 15) is 9.59 Å². The molecule has 0 bridgehead atoms. The number of amides is 2. The lowest BCUT2D eigenvalue weighted by Crippen LogP contribution is -2.49. The van der Waals surface area contributed by atoms with Gasteiger partial charge < -0.3 is 15.0 Å². The molecule has 0 radical (unpaired) electrons. The molecule has 1 unspecified atom stereocenters. The van der Waals surface area contributed by atoms with Gasteiger partial charge in [0, 0.05) is 23.6 Å². The van der Waals surface area contributed by atoms with E-state index >= 15 is 0 Å². The number of likely N-dealkylation sites (N-methyl/N-ethyl adjacent to an activating group) is 1. The standard InChI is InChI=1S/C21H19BrN4O3/c1-26-18-4-2-3-5-19(18)29-12-17(21(26)28)23-20(27)16-11-15(24-25-16)10-13-6-8-14(22)9-7-13/h2-9,11,17H,10,12H2,1H3,(H,23,27)(H,24,25). The van der Waals surface area contributed by atoms with Crippen LogP contribution in [-0.4, -0.2) is 41.7 Å². The van der Waals surface area contributed by atoms with Gasteiger partial charge in [0.15, 0.2) is 0 Å². The van der Waals surface area contributed by atoms with E-state index in [0.717, 1.165) is 15.7 Å². The molecule has 1 atom stereocenters. The summed E-state index contributed by atoms with van der Waals surface area (Å²) in [5, 5.41) is 9.71. The van der Waals surface area contributed by atoms with Crippen molar-refractivity contribution in [2.45, 2.75) is 12.5 Å². The highest BCUT2D eigenvalue weighted by Gasteiger charge is 2.31. The van der Waals surface area contributed by atoms with Gasteiger partial charge in [-0.3, -0.25) is 14.7 Å². The van der Waals surface area contributed by atoms with Gasteiger partial charge in [0.05, 0.1) is 5.69 Å². The van der Waals surface area contributed by atoms with Crippen molar-refractivity contribution >= 4 is 33.4 Å². The van der Waals surface area contributed by atoms with E-state index in [1.165, 1.54) is 4.90 Å². The van der Waals surface area contributed by atoms with Crippen LogP contribution in [0.3, 0.4) is 0 Å². The fourth-order valence-electron chi connectivity index (χ4n) is 3.18. The van der Waals surface area contributed by atoms with E-state index in [4.69, 9.17) is 4.74 Å². The molecule has 8 heteroatoms. The van der Waals surface area contributed by atoms with Crippen LogP contribution in [0.5, 0.6) is 5.75 Å². The molecule has 0 saturated heterocycles. The maximum absolute atomic E-state index is 12.7. The number of fused-ring (bicyclic) bond motifs is 1. The van der Waals surface area contributed by atoms with Gasteiger partial charge in [-0.1, -0.05) is 40.2 Å². The molecule has 0 aliphatic carbocycles. The Labute approximate surface area is 176 Å². The fraction of sp³-hybridized carbons (Fsp3) is 0.190. The SMILES string of the molecule is CN1C(=O)C(NC(=O)c2cc(Cc3ccc(Br)cc3)[nH]n2)COc2ccccc21. The number of hydrogen-bond acceptors (Lipinski definition) is 4. The minimum atomic E-state index is -0.800. The van der Waals surface area contributed by atoms with E-state index in [-0.39, 0.29) is 18.2 Å². The van der Waals surface area contributed by atoms with Crippen LogP contribution in [-0.2, 0) is 11.2 Å². The first-order valence-electron chi connectivity index (χ1n) is 9.10. The van der Waals surface area contributed by atoms with Gasteiger partial charge in [0.25, 0.3) is 11.8 Å². The molecule has 2 heterocycles. The Morgan fingerprint density at radius 3 is 2.83 bits per heavy atom. The monoisotopic (exact) mass is 454 g/mol. The minimum absolute atomic E-state index is 0.0576. The second-order valence-electron chi connectivity index (χ2n) is 6.78. The van der Waals surface area contributed by atoms with Gasteiger partial charge in [-0.05, 0) is 35.9 Å². The average molecular weight is 455 g/mol. The first-order chi connectivity index (χ1) is 14.0. The number of H-pyrrole nitrogens is 1. The number of hydrogen-bond donors (Lipinski definition) is 2. The molecular weight excluding hydrogens is 436 g/mol. The largest absolute Gasteiger partial charge is 0.489 e. The van der Waals surface area contributed by atoms with Crippen molar-refractivity contribution in [3.8, 4) is 5.75 Å². The highest BCUT2D eigenvalue weighted by Crippen LogP contribution is 2.29. The molecule has 29 heavy (non-hydrogen) atoms. The Balaban J connectivity index is 1.44.